The van der Waals surface area contributed by atoms with Gasteiger partial charge in [-0.1, -0.05) is 0 Å². The molecule has 4 heteroatoms. The minimum atomic E-state index is -0.294. The van der Waals surface area contributed by atoms with Crippen LogP contribution in [0.1, 0.15) is 11.6 Å². The summed E-state index contributed by atoms with van der Waals surface area (Å²) in [5, 5.41) is 9.20. The first kappa shape index (κ1) is 9.83. The summed E-state index contributed by atoms with van der Waals surface area (Å²) in [5.74, 6) is 0.163. The highest BCUT2D eigenvalue weighted by atomic mass is 16.5. The fraction of sp³-hybridized carbons (Fsp3) is 0.333. The number of hydrogen-bond acceptors (Lipinski definition) is 4. The van der Waals surface area contributed by atoms with Gasteiger partial charge in [0.1, 0.15) is 5.75 Å². The van der Waals surface area contributed by atoms with E-state index >= 15 is 0 Å². The number of aromatic hydroxyl groups is 1. The molecule has 72 valence electrons. The number of hydrogen-bond donors (Lipinski definition) is 3. The number of nitrogens with two attached hydrogens (primary N) is 2. The molecule has 0 aromatic heterocycles. The number of methoxy groups -OCH3 is 1. The van der Waals surface area contributed by atoms with E-state index in [1.807, 2.05) is 0 Å². The predicted molar refractivity (Wildman–Crippen MR) is 51.3 cm³/mol. The maximum atomic E-state index is 9.20. The van der Waals surface area contributed by atoms with E-state index in [2.05, 4.69) is 0 Å². The predicted octanol–water partition coefficient (Wildman–Crippen LogP) is 0.621. The summed E-state index contributed by atoms with van der Waals surface area (Å²) in [6, 6.07) is 4.41. The van der Waals surface area contributed by atoms with E-state index in [0.29, 0.717) is 17.9 Å². The highest BCUT2D eigenvalue weighted by molar-refractivity contribution is 5.51. The third-order valence-corrected chi connectivity index (χ3v) is 1.82. The first-order valence-corrected chi connectivity index (χ1v) is 3.98. The van der Waals surface area contributed by atoms with Crippen LogP contribution >= 0.6 is 0 Å². The molecule has 13 heavy (non-hydrogen) atoms. The zero-order chi connectivity index (χ0) is 9.84. The van der Waals surface area contributed by atoms with Crippen LogP contribution in [0.4, 0.5) is 5.69 Å². The highest BCUT2D eigenvalue weighted by Crippen LogP contribution is 2.23. The lowest BCUT2D eigenvalue weighted by molar-refractivity contribution is 0.181. The Morgan fingerprint density at radius 2 is 2.23 bits per heavy atom. The summed E-state index contributed by atoms with van der Waals surface area (Å²) >= 11 is 0. The topological polar surface area (TPSA) is 81.5 Å². The van der Waals surface area contributed by atoms with Crippen molar-refractivity contribution in [3.63, 3.8) is 0 Å². The maximum Gasteiger partial charge on any atom is 0.116 e. The van der Waals surface area contributed by atoms with Gasteiger partial charge in [-0.15, -0.1) is 0 Å². The summed E-state index contributed by atoms with van der Waals surface area (Å²) in [6.07, 6.45) is 0. The van der Waals surface area contributed by atoms with Crippen LogP contribution in [0, 0.1) is 0 Å². The van der Waals surface area contributed by atoms with E-state index in [-0.39, 0.29) is 11.8 Å². The largest absolute Gasteiger partial charge is 0.508 e. The second-order valence-electron chi connectivity index (χ2n) is 2.88. The van der Waals surface area contributed by atoms with E-state index in [0.717, 1.165) is 0 Å². The summed E-state index contributed by atoms with van der Waals surface area (Å²) in [7, 11) is 1.57. The molecule has 0 heterocycles. The molecular formula is C9H14N2O2. The SMILES string of the molecule is COC[C@@H](N)c1cc(O)ccc1N. The number of phenols is 1. The second-order valence-corrected chi connectivity index (χ2v) is 2.88. The molecule has 0 radical (unpaired) electrons. The molecule has 5 N–H and O–H groups in total. The Labute approximate surface area is 77.1 Å². The van der Waals surface area contributed by atoms with Crippen LogP contribution in [0.25, 0.3) is 0 Å². The molecule has 0 aliphatic carbocycles. The quantitative estimate of drug-likeness (QED) is 0.473. The van der Waals surface area contributed by atoms with E-state index in [4.69, 9.17) is 16.2 Å². The Balaban J connectivity index is 2.91. The van der Waals surface area contributed by atoms with Crippen LogP contribution in [0.3, 0.4) is 0 Å². The maximum absolute atomic E-state index is 9.20. The number of rotatable bonds is 3. The second kappa shape index (κ2) is 4.11. The van der Waals surface area contributed by atoms with Crippen molar-refractivity contribution in [1.29, 1.82) is 0 Å². The van der Waals surface area contributed by atoms with Crippen molar-refractivity contribution in [1.82, 2.24) is 0 Å². The van der Waals surface area contributed by atoms with Crippen molar-refractivity contribution in [2.45, 2.75) is 6.04 Å². The van der Waals surface area contributed by atoms with Crippen LogP contribution in [-0.2, 0) is 4.74 Å². The molecule has 1 rings (SSSR count). The minimum absolute atomic E-state index is 0.163. The van der Waals surface area contributed by atoms with Gasteiger partial charge in [-0.3, -0.25) is 0 Å². The first-order valence-electron chi connectivity index (χ1n) is 3.98. The van der Waals surface area contributed by atoms with Crippen LogP contribution in [0.15, 0.2) is 18.2 Å². The molecule has 0 saturated carbocycles. The Bertz CT molecular complexity index is 289. The summed E-state index contributed by atoms with van der Waals surface area (Å²) in [4.78, 5) is 0. The standard InChI is InChI=1S/C9H14N2O2/c1-13-5-9(11)7-4-6(12)2-3-8(7)10/h2-4,9,12H,5,10-11H2,1H3/t9-/m1/s1. The first-order chi connectivity index (χ1) is 6.15. The van der Waals surface area contributed by atoms with Crippen LogP contribution < -0.4 is 11.5 Å². The minimum Gasteiger partial charge on any atom is -0.508 e. The van der Waals surface area contributed by atoms with Crippen LogP contribution in [0.2, 0.25) is 0 Å². The molecule has 1 atom stereocenters. The van der Waals surface area contributed by atoms with Crippen LogP contribution in [0.5, 0.6) is 5.75 Å². The lowest BCUT2D eigenvalue weighted by Crippen LogP contribution is -2.17. The summed E-state index contributed by atoms with van der Waals surface area (Å²) < 4.78 is 4.89. The van der Waals surface area contributed by atoms with E-state index in [9.17, 15) is 5.11 Å². The third-order valence-electron chi connectivity index (χ3n) is 1.82. The van der Waals surface area contributed by atoms with Gasteiger partial charge >= 0.3 is 0 Å². The van der Waals surface area contributed by atoms with Gasteiger partial charge in [-0.2, -0.15) is 0 Å². The van der Waals surface area contributed by atoms with Gasteiger partial charge in [0.2, 0.25) is 0 Å². The lowest BCUT2D eigenvalue weighted by Gasteiger charge is -2.13. The number of nitrogen functional groups attached to an aromatic ring is 1. The average molecular weight is 182 g/mol. The fourth-order valence-electron chi connectivity index (χ4n) is 1.15. The Kier molecular flexibility index (Phi) is 3.11. The number of ether oxygens (including phenoxy) is 1. The van der Waals surface area contributed by atoms with Gasteiger partial charge in [-0.05, 0) is 23.8 Å². The van der Waals surface area contributed by atoms with E-state index < -0.39 is 0 Å². The lowest BCUT2D eigenvalue weighted by atomic mass is 10.1. The van der Waals surface area contributed by atoms with Gasteiger partial charge in [-0.25, -0.2) is 0 Å². The zero-order valence-electron chi connectivity index (χ0n) is 7.53. The Hall–Kier alpha value is -1.26. The average Bonchev–Trinajstić information content (AvgIpc) is 2.09. The molecule has 1 aromatic rings. The molecule has 0 fully saturated rings. The molecular weight excluding hydrogens is 168 g/mol. The summed E-state index contributed by atoms with van der Waals surface area (Å²) in [5.41, 5.74) is 12.7. The van der Waals surface area contributed by atoms with Crippen molar-refractivity contribution >= 4 is 5.69 Å². The van der Waals surface area contributed by atoms with Gasteiger partial charge in [0, 0.05) is 12.8 Å². The van der Waals surface area contributed by atoms with Gasteiger partial charge in [0.25, 0.3) is 0 Å². The molecule has 0 spiro atoms. The Morgan fingerprint density at radius 1 is 1.54 bits per heavy atom. The van der Waals surface area contributed by atoms with Gasteiger partial charge in [0.15, 0.2) is 0 Å². The van der Waals surface area contributed by atoms with Crippen molar-refractivity contribution in [2.75, 3.05) is 19.5 Å². The zero-order valence-corrected chi connectivity index (χ0v) is 7.53. The van der Waals surface area contributed by atoms with Crippen molar-refractivity contribution in [3.8, 4) is 5.75 Å². The number of anilines is 1. The Morgan fingerprint density at radius 3 is 2.85 bits per heavy atom. The third kappa shape index (κ3) is 2.34. The molecule has 4 nitrogen and oxygen atoms in total. The normalized spacial score (nSPS) is 12.8. The van der Waals surface area contributed by atoms with E-state index in [1.54, 1.807) is 19.2 Å². The monoisotopic (exact) mass is 182 g/mol. The van der Waals surface area contributed by atoms with E-state index in [1.165, 1.54) is 6.07 Å². The van der Waals surface area contributed by atoms with Gasteiger partial charge in [0.05, 0.1) is 12.6 Å². The molecule has 0 bridgehead atoms. The van der Waals surface area contributed by atoms with Crippen molar-refractivity contribution < 1.29 is 9.84 Å². The summed E-state index contributed by atoms with van der Waals surface area (Å²) in [6.45, 7) is 0.383. The van der Waals surface area contributed by atoms with Crippen molar-refractivity contribution in [3.05, 3.63) is 23.8 Å². The molecule has 1 aromatic carbocycles. The fourth-order valence-corrected chi connectivity index (χ4v) is 1.15. The van der Waals surface area contributed by atoms with Crippen molar-refractivity contribution in [2.24, 2.45) is 5.73 Å². The number of benzene rings is 1. The van der Waals surface area contributed by atoms with Gasteiger partial charge < -0.3 is 21.3 Å². The molecule has 0 unspecified atom stereocenters. The number of phenolic OH excluding ortho intramolecular Hbond substituents is 1. The van der Waals surface area contributed by atoms with Crippen LogP contribution in [-0.4, -0.2) is 18.8 Å². The smallest absolute Gasteiger partial charge is 0.116 e. The molecule has 0 amide bonds. The highest BCUT2D eigenvalue weighted by Gasteiger charge is 2.09. The molecule has 0 aliphatic rings. The molecule has 0 aliphatic heterocycles. The molecule has 0 saturated heterocycles.